The molecule has 0 unspecified atom stereocenters. The van der Waals surface area contributed by atoms with E-state index >= 15 is 0 Å². The summed E-state index contributed by atoms with van der Waals surface area (Å²) in [6.45, 7) is 16.1. The topological polar surface area (TPSA) is 359 Å². The van der Waals surface area contributed by atoms with Crippen LogP contribution in [0.15, 0.2) is 30.3 Å². The third-order valence-corrected chi connectivity index (χ3v) is 10.7. The summed E-state index contributed by atoms with van der Waals surface area (Å²) >= 11 is 0. The standard InChI is InChI=1S/C46H76N10O12/c1-11-26(8)37(56-39(60)28(10)49-44(65)35(22-57)55-38(59)27(9)47)45(66)53-33(21-36(48)58)43(64)52-32(20-29-15-13-12-14-16-29)42(63)51-30(17-23(2)3)40(61)50-31(18-24(4)5)41(62)54-34(46(67)68)19-25(6)7/h12-16,23-28,30-35,37,57H,11,17-22,47H2,1-10H3,(H2,48,58)(H,49,65)(H,50,61)(H,51,63)(H,52,64)(H,53,66)(H,54,62)(H,55,59)(H,56,60)(H,67,68)/t26-,27-,28-,30-,31-,32-,33-,34-,35-,37-/m0/s1. The van der Waals surface area contributed by atoms with Crippen LogP contribution < -0.4 is 54.0 Å². The second-order valence-electron chi connectivity index (χ2n) is 18.5. The molecule has 0 aliphatic carbocycles. The molecule has 0 radical (unpaired) electrons. The van der Waals surface area contributed by atoms with Crippen molar-refractivity contribution in [2.24, 2.45) is 35.1 Å². The number of hydrogen-bond acceptors (Lipinski definition) is 12. The van der Waals surface area contributed by atoms with Gasteiger partial charge in [0.05, 0.1) is 19.1 Å². The molecule has 22 heteroatoms. The maximum atomic E-state index is 14.3. The summed E-state index contributed by atoms with van der Waals surface area (Å²) in [5.74, 6) is -9.86. The Morgan fingerprint density at radius 3 is 1.37 bits per heavy atom. The number of nitrogens with one attached hydrogen (secondary N) is 8. The van der Waals surface area contributed by atoms with Crippen LogP contribution in [0.4, 0.5) is 0 Å². The highest BCUT2D eigenvalue weighted by Gasteiger charge is 2.36. The summed E-state index contributed by atoms with van der Waals surface area (Å²) in [5.41, 5.74) is 11.6. The molecule has 0 aliphatic rings. The van der Waals surface area contributed by atoms with Crippen molar-refractivity contribution in [3.8, 4) is 0 Å². The van der Waals surface area contributed by atoms with Crippen molar-refractivity contribution >= 4 is 59.1 Å². The van der Waals surface area contributed by atoms with Crippen molar-refractivity contribution in [2.75, 3.05) is 6.61 Å². The normalized spacial score (nSPS) is 15.7. The number of aliphatic carboxylic acids is 1. The first-order valence-electron chi connectivity index (χ1n) is 23.0. The number of carbonyl (C=O) groups is 10. The summed E-state index contributed by atoms with van der Waals surface area (Å²) in [6, 6.07) is -3.27. The highest BCUT2D eigenvalue weighted by Crippen LogP contribution is 2.14. The molecule has 0 bridgehead atoms. The van der Waals surface area contributed by atoms with Gasteiger partial charge >= 0.3 is 5.97 Å². The molecule has 1 rings (SSSR count). The first kappa shape index (κ1) is 59.9. The molecule has 14 N–H and O–H groups in total. The highest BCUT2D eigenvalue weighted by atomic mass is 16.4. The monoisotopic (exact) mass is 961 g/mol. The van der Waals surface area contributed by atoms with Crippen molar-refractivity contribution in [1.82, 2.24) is 42.5 Å². The van der Waals surface area contributed by atoms with E-state index in [1.54, 1.807) is 58.0 Å². The number of aliphatic hydroxyl groups excluding tert-OH is 1. The number of carbonyl (C=O) groups excluding carboxylic acids is 9. The Morgan fingerprint density at radius 1 is 0.515 bits per heavy atom. The fourth-order valence-electron chi connectivity index (χ4n) is 6.78. The van der Waals surface area contributed by atoms with Gasteiger partial charge in [-0.25, -0.2) is 4.79 Å². The summed E-state index contributed by atoms with van der Waals surface area (Å²) < 4.78 is 0. The van der Waals surface area contributed by atoms with Gasteiger partial charge in [-0.15, -0.1) is 0 Å². The molecule has 0 aliphatic heterocycles. The molecule has 0 heterocycles. The van der Waals surface area contributed by atoms with E-state index in [4.69, 9.17) is 11.5 Å². The lowest BCUT2D eigenvalue weighted by Gasteiger charge is -2.29. The highest BCUT2D eigenvalue weighted by molar-refractivity contribution is 5.99. The van der Waals surface area contributed by atoms with Crippen molar-refractivity contribution in [3.05, 3.63) is 35.9 Å². The maximum absolute atomic E-state index is 14.3. The van der Waals surface area contributed by atoms with Crippen LogP contribution >= 0.6 is 0 Å². The van der Waals surface area contributed by atoms with E-state index in [1.165, 1.54) is 13.8 Å². The molecule has 0 saturated heterocycles. The van der Waals surface area contributed by atoms with Crippen LogP contribution in [0.1, 0.15) is 107 Å². The Hall–Kier alpha value is -6.16. The summed E-state index contributed by atoms with van der Waals surface area (Å²) in [6.07, 6.45) is -0.157. The summed E-state index contributed by atoms with van der Waals surface area (Å²) in [7, 11) is 0. The largest absolute Gasteiger partial charge is 0.480 e. The minimum atomic E-state index is -1.68. The van der Waals surface area contributed by atoms with Crippen LogP contribution in [-0.4, -0.2) is 130 Å². The Bertz CT molecular complexity index is 1880. The molecule has 0 saturated carbocycles. The lowest BCUT2D eigenvalue weighted by molar-refractivity contribution is -0.143. The van der Waals surface area contributed by atoms with E-state index in [1.807, 2.05) is 27.7 Å². The summed E-state index contributed by atoms with van der Waals surface area (Å²) in [5, 5.41) is 39.5. The molecule has 1 aromatic rings. The Labute approximate surface area is 398 Å². The molecule has 68 heavy (non-hydrogen) atoms. The van der Waals surface area contributed by atoms with Gasteiger partial charge in [0.2, 0.25) is 53.2 Å². The number of hydrogen-bond donors (Lipinski definition) is 12. The van der Waals surface area contributed by atoms with Crippen molar-refractivity contribution in [3.63, 3.8) is 0 Å². The van der Waals surface area contributed by atoms with Crippen molar-refractivity contribution in [2.45, 2.75) is 162 Å². The zero-order chi connectivity index (χ0) is 52.0. The zero-order valence-electron chi connectivity index (χ0n) is 41.0. The first-order valence-corrected chi connectivity index (χ1v) is 23.0. The van der Waals surface area contributed by atoms with Crippen LogP contribution in [0, 0.1) is 23.7 Å². The SMILES string of the molecule is CC[C@H](C)[C@H](NC(=O)[C@H](C)NC(=O)[C@H](CO)NC(=O)[C@H](C)N)C(=O)N[C@@H](CC(N)=O)C(=O)N[C@@H](Cc1ccccc1)C(=O)N[C@@H](CC(C)C)C(=O)N[C@@H](CC(C)C)C(=O)N[C@@H](CC(C)C)C(=O)O. The third-order valence-electron chi connectivity index (χ3n) is 10.7. The zero-order valence-corrected chi connectivity index (χ0v) is 41.0. The van der Waals surface area contributed by atoms with Crippen LogP contribution in [0.25, 0.3) is 0 Å². The average molecular weight is 961 g/mol. The van der Waals surface area contributed by atoms with Gasteiger partial charge in [0.25, 0.3) is 0 Å². The quantitative estimate of drug-likeness (QED) is 0.0423. The van der Waals surface area contributed by atoms with Crippen LogP contribution in [0.5, 0.6) is 0 Å². The second kappa shape index (κ2) is 29.6. The minimum absolute atomic E-state index is 0.0600. The van der Waals surface area contributed by atoms with E-state index in [-0.39, 0.29) is 43.4 Å². The van der Waals surface area contributed by atoms with E-state index in [9.17, 15) is 58.2 Å². The number of amides is 9. The van der Waals surface area contributed by atoms with Gasteiger partial charge in [0.15, 0.2) is 0 Å². The molecule has 9 amide bonds. The van der Waals surface area contributed by atoms with Crippen molar-refractivity contribution < 1.29 is 58.2 Å². The van der Waals surface area contributed by atoms with Gasteiger partial charge < -0.3 is 64.2 Å². The van der Waals surface area contributed by atoms with Crippen LogP contribution in [0.2, 0.25) is 0 Å². The molecule has 382 valence electrons. The number of carboxylic acid groups (broad SMARTS) is 1. The van der Waals surface area contributed by atoms with E-state index < -0.39 is 132 Å². The predicted octanol–water partition coefficient (Wildman–Crippen LogP) is -1.39. The number of benzene rings is 1. The predicted molar refractivity (Wildman–Crippen MR) is 251 cm³/mol. The van der Waals surface area contributed by atoms with E-state index in [2.05, 4.69) is 42.5 Å². The number of nitrogens with two attached hydrogens (primary N) is 2. The van der Waals surface area contributed by atoms with E-state index in [0.717, 1.165) is 0 Å². The van der Waals surface area contributed by atoms with Gasteiger partial charge in [-0.3, -0.25) is 43.2 Å². The second-order valence-corrected chi connectivity index (χ2v) is 18.5. The fraction of sp³-hybridized carbons (Fsp3) is 0.652. The smallest absolute Gasteiger partial charge is 0.326 e. The molecule has 0 aromatic heterocycles. The lowest BCUT2D eigenvalue weighted by Crippen LogP contribution is -2.61. The Kier molecular flexibility index (Phi) is 26.0. The molecule has 0 spiro atoms. The van der Waals surface area contributed by atoms with Crippen molar-refractivity contribution in [1.29, 1.82) is 0 Å². The molecule has 22 nitrogen and oxygen atoms in total. The minimum Gasteiger partial charge on any atom is -0.480 e. The number of rotatable bonds is 30. The molecule has 1 aromatic carbocycles. The van der Waals surface area contributed by atoms with Gasteiger partial charge in [-0.1, -0.05) is 92.1 Å². The number of carboxylic acids is 1. The third kappa shape index (κ3) is 21.6. The maximum Gasteiger partial charge on any atom is 0.326 e. The molecular weight excluding hydrogens is 885 g/mol. The van der Waals surface area contributed by atoms with Gasteiger partial charge in [0.1, 0.15) is 48.3 Å². The van der Waals surface area contributed by atoms with Crippen LogP contribution in [-0.2, 0) is 54.4 Å². The van der Waals surface area contributed by atoms with Gasteiger partial charge in [-0.05, 0) is 62.3 Å². The summed E-state index contributed by atoms with van der Waals surface area (Å²) in [4.78, 5) is 132. The number of aliphatic hydroxyl groups is 1. The molecule has 0 fully saturated rings. The fourth-order valence-corrected chi connectivity index (χ4v) is 6.78. The number of primary amides is 1. The Balaban J connectivity index is 3.47. The average Bonchev–Trinajstić information content (AvgIpc) is 3.24. The van der Waals surface area contributed by atoms with E-state index in [0.29, 0.717) is 12.0 Å². The first-order chi connectivity index (χ1) is 31.7. The van der Waals surface area contributed by atoms with Gasteiger partial charge in [0, 0.05) is 6.42 Å². The molecular formula is C46H76N10O12. The van der Waals surface area contributed by atoms with Crippen LogP contribution in [0.3, 0.4) is 0 Å². The lowest BCUT2D eigenvalue weighted by atomic mass is 9.97. The van der Waals surface area contributed by atoms with Gasteiger partial charge in [-0.2, -0.15) is 0 Å². The Morgan fingerprint density at radius 2 is 0.926 bits per heavy atom. The molecule has 10 atom stereocenters.